The summed E-state index contributed by atoms with van der Waals surface area (Å²) in [4.78, 5) is 11.2. The number of alkyl halides is 3. The van der Waals surface area contributed by atoms with Crippen molar-refractivity contribution < 1.29 is 22.7 Å². The molecule has 0 saturated carbocycles. The first-order chi connectivity index (χ1) is 8.91. The fourth-order valence-electron chi connectivity index (χ4n) is 1.74. The molecule has 0 aromatic heterocycles. The van der Waals surface area contributed by atoms with Crippen LogP contribution in [-0.2, 0) is 4.79 Å². The van der Waals surface area contributed by atoms with Crippen molar-refractivity contribution >= 4 is 11.6 Å². The zero-order chi connectivity index (χ0) is 14.0. The number of rotatable bonds is 2. The van der Waals surface area contributed by atoms with Crippen LogP contribution in [0.5, 0.6) is 5.75 Å². The molecule has 1 amide bonds. The van der Waals surface area contributed by atoms with E-state index >= 15 is 0 Å². The van der Waals surface area contributed by atoms with Crippen LogP contribution in [0.3, 0.4) is 0 Å². The fourth-order valence-corrected chi connectivity index (χ4v) is 1.74. The first kappa shape index (κ1) is 13.4. The summed E-state index contributed by atoms with van der Waals surface area (Å²) >= 11 is 0. The van der Waals surface area contributed by atoms with Crippen LogP contribution in [0.25, 0.3) is 0 Å². The summed E-state index contributed by atoms with van der Waals surface area (Å²) in [6, 6.07) is 6.49. The summed E-state index contributed by atoms with van der Waals surface area (Å²) in [7, 11) is 1.50. The van der Waals surface area contributed by atoms with Gasteiger partial charge >= 0.3 is 6.30 Å². The number of ether oxygens (including phenoxy) is 1. The van der Waals surface area contributed by atoms with Crippen LogP contribution >= 0.6 is 0 Å². The average Bonchev–Trinajstić information content (AvgIpc) is 2.38. The lowest BCUT2D eigenvalue weighted by Gasteiger charge is -2.25. The summed E-state index contributed by atoms with van der Waals surface area (Å²) in [5.41, 5.74) is 0.780. The number of amides is 1. The van der Waals surface area contributed by atoms with E-state index in [1.54, 1.807) is 24.3 Å². The van der Waals surface area contributed by atoms with Crippen molar-refractivity contribution in [2.75, 3.05) is 7.11 Å². The Kier molecular flexibility index (Phi) is 3.46. The van der Waals surface area contributed by atoms with Gasteiger partial charge in [0.15, 0.2) is 0 Å². The fraction of sp³-hybridized carbons (Fsp3) is 0.333. The first-order valence-electron chi connectivity index (χ1n) is 5.53. The smallest absolute Gasteiger partial charge is 0.497 e. The monoisotopic (exact) mass is 272 g/mol. The van der Waals surface area contributed by atoms with Crippen molar-refractivity contribution in [3.63, 3.8) is 0 Å². The average molecular weight is 272 g/mol. The van der Waals surface area contributed by atoms with Crippen molar-refractivity contribution in [3.05, 3.63) is 29.8 Å². The maximum absolute atomic E-state index is 12.6. The lowest BCUT2D eigenvalue weighted by molar-refractivity contribution is -0.241. The maximum atomic E-state index is 12.6. The van der Waals surface area contributed by atoms with E-state index < -0.39 is 17.2 Å². The molecule has 102 valence electrons. The van der Waals surface area contributed by atoms with Crippen molar-refractivity contribution in [1.82, 2.24) is 5.01 Å². The molecule has 0 radical (unpaired) electrons. The van der Waals surface area contributed by atoms with Gasteiger partial charge in [0.2, 0.25) is 0 Å². The number of benzene rings is 1. The van der Waals surface area contributed by atoms with Gasteiger partial charge in [-0.2, -0.15) is 5.10 Å². The van der Waals surface area contributed by atoms with Crippen LogP contribution in [0.2, 0.25) is 0 Å². The molecule has 0 bridgehead atoms. The van der Waals surface area contributed by atoms with Gasteiger partial charge in [0.05, 0.1) is 12.8 Å². The second-order valence-electron chi connectivity index (χ2n) is 3.95. The molecule has 1 aromatic rings. The molecule has 0 aliphatic carbocycles. The molecule has 0 saturated heterocycles. The molecule has 1 heterocycles. The Morgan fingerprint density at radius 2 is 1.84 bits per heavy atom. The highest BCUT2D eigenvalue weighted by atomic mass is 19.4. The van der Waals surface area contributed by atoms with Gasteiger partial charge in [-0.3, -0.25) is 4.79 Å². The Bertz CT molecular complexity index is 509. The van der Waals surface area contributed by atoms with Crippen LogP contribution < -0.4 is 4.74 Å². The summed E-state index contributed by atoms with van der Waals surface area (Å²) in [6.45, 7) is 0. The number of hydrogen-bond donors (Lipinski definition) is 0. The second-order valence-corrected chi connectivity index (χ2v) is 3.95. The van der Waals surface area contributed by atoms with E-state index in [4.69, 9.17) is 4.74 Å². The van der Waals surface area contributed by atoms with Gasteiger partial charge in [-0.15, -0.1) is 18.2 Å². The number of carbonyl (C=O) groups is 1. The molecule has 0 unspecified atom stereocenters. The summed E-state index contributed by atoms with van der Waals surface area (Å²) in [6.07, 6.45) is -4.79. The van der Waals surface area contributed by atoms with Gasteiger partial charge in [0.25, 0.3) is 5.91 Å². The van der Waals surface area contributed by atoms with E-state index in [-0.39, 0.29) is 18.6 Å². The molecule has 19 heavy (non-hydrogen) atoms. The van der Waals surface area contributed by atoms with Crippen molar-refractivity contribution in [2.24, 2.45) is 5.10 Å². The third kappa shape index (κ3) is 2.86. The number of hydrazone groups is 1. The van der Waals surface area contributed by atoms with Crippen molar-refractivity contribution in [1.29, 1.82) is 0 Å². The van der Waals surface area contributed by atoms with Gasteiger partial charge in [-0.25, -0.2) is 0 Å². The van der Waals surface area contributed by atoms with Crippen LogP contribution in [0.15, 0.2) is 29.4 Å². The second kappa shape index (κ2) is 4.91. The molecule has 1 aliphatic rings. The number of halogens is 3. The van der Waals surface area contributed by atoms with E-state index in [0.717, 1.165) is 0 Å². The zero-order valence-electron chi connectivity index (χ0n) is 10.1. The molecule has 1 aliphatic heterocycles. The third-order valence-corrected chi connectivity index (χ3v) is 2.70. The minimum atomic E-state index is -4.78. The third-order valence-electron chi connectivity index (χ3n) is 2.70. The largest absolute Gasteiger partial charge is 0.507 e. The predicted octanol–water partition coefficient (Wildman–Crippen LogP) is 2.54. The highest BCUT2D eigenvalue weighted by Gasteiger charge is 2.43. The maximum Gasteiger partial charge on any atom is 0.507 e. The molecular weight excluding hydrogens is 261 g/mol. The molecular formula is C12H11F3N2O2. The summed E-state index contributed by atoms with van der Waals surface area (Å²) < 4.78 is 42.7. The van der Waals surface area contributed by atoms with Crippen molar-refractivity contribution in [2.45, 2.75) is 19.1 Å². The minimum Gasteiger partial charge on any atom is -0.497 e. The number of nitrogens with zero attached hydrogens (tertiary/aromatic N) is 2. The van der Waals surface area contributed by atoms with E-state index in [1.807, 2.05) is 0 Å². The Hall–Kier alpha value is -2.05. The van der Waals surface area contributed by atoms with Gasteiger partial charge < -0.3 is 4.74 Å². The Morgan fingerprint density at radius 1 is 1.21 bits per heavy atom. The Balaban J connectivity index is 2.31. The predicted molar refractivity (Wildman–Crippen MR) is 61.7 cm³/mol. The molecule has 1 aromatic carbocycles. The van der Waals surface area contributed by atoms with Crippen LogP contribution in [0.4, 0.5) is 13.2 Å². The Labute approximate surface area is 107 Å². The zero-order valence-corrected chi connectivity index (χ0v) is 10.1. The quantitative estimate of drug-likeness (QED) is 0.776. The minimum absolute atomic E-state index is 0.192. The normalized spacial score (nSPS) is 16.3. The molecule has 4 nitrogen and oxygen atoms in total. The highest BCUT2D eigenvalue weighted by Crippen LogP contribution is 2.27. The van der Waals surface area contributed by atoms with E-state index in [0.29, 0.717) is 11.3 Å². The van der Waals surface area contributed by atoms with Gasteiger partial charge in [-0.05, 0) is 29.8 Å². The van der Waals surface area contributed by atoms with Crippen LogP contribution in [0, 0.1) is 0 Å². The molecule has 0 fully saturated rings. The van der Waals surface area contributed by atoms with E-state index in [2.05, 4.69) is 5.10 Å². The molecule has 0 N–H and O–H groups in total. The SMILES string of the molecule is COc1ccc(C2=NN(C(F)(F)F)C(=O)CC2)cc1. The van der Waals surface area contributed by atoms with Gasteiger partial charge in [0, 0.05) is 12.8 Å². The number of hydrogen-bond acceptors (Lipinski definition) is 3. The Morgan fingerprint density at radius 3 is 2.37 bits per heavy atom. The lowest BCUT2D eigenvalue weighted by Crippen LogP contribution is -2.42. The summed E-state index contributed by atoms with van der Waals surface area (Å²) in [5.74, 6) is -0.436. The summed E-state index contributed by atoms with van der Waals surface area (Å²) in [5, 5.41) is 2.99. The van der Waals surface area contributed by atoms with Gasteiger partial charge in [-0.1, -0.05) is 0 Å². The number of carbonyl (C=O) groups excluding carboxylic acids is 1. The van der Waals surface area contributed by atoms with E-state index in [9.17, 15) is 18.0 Å². The van der Waals surface area contributed by atoms with Crippen LogP contribution in [-0.4, -0.2) is 30.0 Å². The lowest BCUT2D eigenvalue weighted by atomic mass is 10.0. The first-order valence-corrected chi connectivity index (χ1v) is 5.53. The van der Waals surface area contributed by atoms with Gasteiger partial charge in [0.1, 0.15) is 5.75 Å². The molecule has 0 spiro atoms. The topological polar surface area (TPSA) is 41.9 Å². The van der Waals surface area contributed by atoms with Crippen molar-refractivity contribution in [3.8, 4) is 5.75 Å². The van der Waals surface area contributed by atoms with E-state index in [1.165, 1.54) is 7.11 Å². The molecule has 2 rings (SSSR count). The number of methoxy groups -OCH3 is 1. The standard InChI is InChI=1S/C12H11F3N2O2/c1-19-9-4-2-8(3-5-9)10-6-7-11(18)17(16-10)12(13,14)15/h2-5H,6-7H2,1H3. The molecule has 0 atom stereocenters. The van der Waals surface area contributed by atoms with Crippen LogP contribution in [0.1, 0.15) is 18.4 Å². The molecule has 7 heteroatoms. The highest BCUT2D eigenvalue weighted by molar-refractivity contribution is 6.04.